The van der Waals surface area contributed by atoms with E-state index in [0.717, 1.165) is 12.8 Å². The van der Waals surface area contributed by atoms with E-state index in [2.05, 4.69) is 15.3 Å². The van der Waals surface area contributed by atoms with Crippen LogP contribution >= 0.6 is 11.6 Å². The summed E-state index contributed by atoms with van der Waals surface area (Å²) in [6.45, 7) is 0. The normalized spacial score (nSPS) is 20.8. The molecule has 0 saturated heterocycles. The number of aromatic nitrogens is 2. The van der Waals surface area contributed by atoms with E-state index in [1.54, 1.807) is 24.3 Å². The van der Waals surface area contributed by atoms with Crippen LogP contribution in [0, 0.1) is 0 Å². The van der Waals surface area contributed by atoms with E-state index in [-0.39, 0.29) is 18.1 Å². The zero-order chi connectivity index (χ0) is 15.5. The van der Waals surface area contributed by atoms with Gasteiger partial charge in [-0.15, -0.1) is 0 Å². The molecule has 6 nitrogen and oxygen atoms in total. The minimum Gasteiger partial charge on any atom is -0.452 e. The van der Waals surface area contributed by atoms with Gasteiger partial charge in [-0.25, -0.2) is 4.98 Å². The summed E-state index contributed by atoms with van der Waals surface area (Å²) in [6.07, 6.45) is 3.61. The Morgan fingerprint density at radius 1 is 1.27 bits per heavy atom. The van der Waals surface area contributed by atoms with Crippen LogP contribution < -0.4 is 15.8 Å². The molecule has 0 bridgehead atoms. The fourth-order valence-corrected chi connectivity index (χ4v) is 2.60. The summed E-state index contributed by atoms with van der Waals surface area (Å²) in [4.78, 5) is 8.17. The molecule has 0 radical (unpaired) electrons. The molecule has 0 amide bonds. The topological polar surface area (TPSA) is 93.3 Å². The maximum absolute atomic E-state index is 9.62. The van der Waals surface area contributed by atoms with Crippen LogP contribution in [0.1, 0.15) is 19.3 Å². The number of nitrogens with zero attached hydrogens (tertiary/aromatic N) is 2. The van der Waals surface area contributed by atoms with Gasteiger partial charge in [-0.2, -0.15) is 4.98 Å². The van der Waals surface area contributed by atoms with Crippen molar-refractivity contribution in [3.8, 4) is 11.5 Å². The number of ether oxygens (including phenoxy) is 1. The van der Waals surface area contributed by atoms with Crippen LogP contribution in [-0.4, -0.2) is 27.2 Å². The molecule has 1 aromatic heterocycles. The Labute approximate surface area is 133 Å². The number of nitrogens with two attached hydrogens (primary N) is 1. The van der Waals surface area contributed by atoms with Gasteiger partial charge in [0.1, 0.15) is 5.75 Å². The number of rotatable bonds is 4. The highest BCUT2D eigenvalue weighted by molar-refractivity contribution is 6.30. The van der Waals surface area contributed by atoms with Crippen LogP contribution in [0.3, 0.4) is 0 Å². The van der Waals surface area contributed by atoms with Crippen LogP contribution in [-0.2, 0) is 0 Å². The molecule has 116 valence electrons. The molecule has 0 unspecified atom stereocenters. The number of anilines is 2. The summed E-state index contributed by atoms with van der Waals surface area (Å²) in [5.41, 5.74) is 5.66. The van der Waals surface area contributed by atoms with E-state index in [0.29, 0.717) is 28.8 Å². The van der Waals surface area contributed by atoms with Crippen molar-refractivity contribution in [3.63, 3.8) is 0 Å². The lowest BCUT2D eigenvalue weighted by Gasteiger charge is -2.16. The van der Waals surface area contributed by atoms with Gasteiger partial charge in [0.25, 0.3) is 0 Å². The maximum Gasteiger partial charge on any atom is 0.222 e. The van der Waals surface area contributed by atoms with Crippen molar-refractivity contribution in [2.75, 3.05) is 11.1 Å². The Balaban J connectivity index is 1.79. The van der Waals surface area contributed by atoms with E-state index in [4.69, 9.17) is 22.1 Å². The number of aliphatic hydroxyl groups is 1. The first-order valence-electron chi connectivity index (χ1n) is 7.10. The van der Waals surface area contributed by atoms with Crippen LogP contribution in [0.5, 0.6) is 11.5 Å². The van der Waals surface area contributed by atoms with Crippen molar-refractivity contribution in [1.82, 2.24) is 9.97 Å². The second-order valence-corrected chi connectivity index (χ2v) is 5.74. The number of aliphatic hydroxyl groups excluding tert-OH is 1. The van der Waals surface area contributed by atoms with E-state index >= 15 is 0 Å². The first-order valence-corrected chi connectivity index (χ1v) is 7.48. The molecule has 1 heterocycles. The minimum absolute atomic E-state index is 0.150. The van der Waals surface area contributed by atoms with Crippen molar-refractivity contribution in [3.05, 3.63) is 35.5 Å². The van der Waals surface area contributed by atoms with Gasteiger partial charge in [-0.3, -0.25) is 0 Å². The van der Waals surface area contributed by atoms with Crippen molar-refractivity contribution in [1.29, 1.82) is 0 Å². The zero-order valence-electron chi connectivity index (χ0n) is 11.9. The number of nitrogen functional groups attached to an aromatic ring is 1. The van der Waals surface area contributed by atoms with Crippen molar-refractivity contribution < 1.29 is 9.84 Å². The largest absolute Gasteiger partial charge is 0.452 e. The Morgan fingerprint density at radius 2 is 2.05 bits per heavy atom. The van der Waals surface area contributed by atoms with Gasteiger partial charge in [0.2, 0.25) is 5.95 Å². The average molecular weight is 321 g/mol. The number of nitrogens with one attached hydrogen (secondary N) is 1. The van der Waals surface area contributed by atoms with E-state index in [1.165, 1.54) is 6.20 Å². The average Bonchev–Trinajstić information content (AvgIpc) is 2.89. The predicted octanol–water partition coefficient (Wildman–Crippen LogP) is 2.83. The van der Waals surface area contributed by atoms with Crippen molar-refractivity contribution in [2.45, 2.75) is 31.4 Å². The fraction of sp³-hybridized carbons (Fsp3) is 0.333. The molecule has 1 fully saturated rings. The molecule has 22 heavy (non-hydrogen) atoms. The van der Waals surface area contributed by atoms with E-state index in [9.17, 15) is 5.11 Å². The predicted molar refractivity (Wildman–Crippen MR) is 85.2 cm³/mol. The third-order valence-corrected chi connectivity index (χ3v) is 3.81. The van der Waals surface area contributed by atoms with Gasteiger partial charge in [-0.05, 0) is 43.5 Å². The lowest BCUT2D eigenvalue weighted by atomic mass is 10.2. The van der Waals surface area contributed by atoms with Gasteiger partial charge in [0.05, 0.1) is 12.3 Å². The number of hydrogen-bond donors (Lipinski definition) is 3. The molecule has 3 rings (SSSR count). The summed E-state index contributed by atoms with van der Waals surface area (Å²) < 4.78 is 5.79. The number of halogens is 1. The first-order chi connectivity index (χ1) is 10.6. The van der Waals surface area contributed by atoms with Crippen molar-refractivity contribution >= 4 is 23.4 Å². The molecular formula is C15H17ClN4O2. The summed E-state index contributed by atoms with van der Waals surface area (Å²) in [5.74, 6) is 1.82. The Hall–Kier alpha value is -2.05. The number of hydrogen-bond acceptors (Lipinski definition) is 6. The van der Waals surface area contributed by atoms with Crippen LogP contribution in [0.15, 0.2) is 30.5 Å². The van der Waals surface area contributed by atoms with Gasteiger partial charge in [-0.1, -0.05) is 11.6 Å². The molecule has 0 spiro atoms. The minimum atomic E-state index is -0.266. The Morgan fingerprint density at radius 3 is 2.73 bits per heavy atom. The van der Waals surface area contributed by atoms with Gasteiger partial charge in [0, 0.05) is 11.1 Å². The Kier molecular flexibility index (Phi) is 4.31. The Bertz CT molecular complexity index is 650. The fourth-order valence-electron chi connectivity index (χ4n) is 2.47. The molecule has 1 aromatic carbocycles. The second kappa shape index (κ2) is 6.37. The highest BCUT2D eigenvalue weighted by atomic mass is 35.5. The molecule has 1 aliphatic carbocycles. The summed E-state index contributed by atoms with van der Waals surface area (Å²) in [6, 6.07) is 7.17. The first kappa shape index (κ1) is 14.9. The summed E-state index contributed by atoms with van der Waals surface area (Å²) >= 11 is 5.86. The lowest BCUT2D eigenvalue weighted by Crippen LogP contribution is -2.18. The molecule has 1 aliphatic rings. The molecule has 2 atom stereocenters. The maximum atomic E-state index is 9.62. The summed E-state index contributed by atoms with van der Waals surface area (Å²) in [7, 11) is 0. The van der Waals surface area contributed by atoms with Gasteiger partial charge in [0.15, 0.2) is 11.6 Å². The summed E-state index contributed by atoms with van der Waals surface area (Å²) in [5, 5.41) is 13.5. The van der Waals surface area contributed by atoms with E-state index < -0.39 is 0 Å². The SMILES string of the molecule is Nc1ncc(Oc2ccc(Cl)cc2)c(N[C@H]2CC[C@@H](O)C2)n1. The van der Waals surface area contributed by atoms with Crippen molar-refractivity contribution in [2.24, 2.45) is 0 Å². The zero-order valence-corrected chi connectivity index (χ0v) is 12.6. The molecule has 1 saturated carbocycles. The molecule has 7 heteroatoms. The molecular weight excluding hydrogens is 304 g/mol. The highest BCUT2D eigenvalue weighted by Gasteiger charge is 2.24. The standard InChI is InChI=1S/C15H17ClN4O2/c16-9-1-5-12(6-2-9)22-13-8-18-15(17)20-14(13)19-10-3-4-11(21)7-10/h1-2,5-6,8,10-11,21H,3-4,7H2,(H3,17,18,19,20)/t10-,11+/m0/s1. The highest BCUT2D eigenvalue weighted by Crippen LogP contribution is 2.31. The van der Waals surface area contributed by atoms with Gasteiger partial charge >= 0.3 is 0 Å². The quantitative estimate of drug-likeness (QED) is 0.802. The second-order valence-electron chi connectivity index (χ2n) is 5.31. The molecule has 2 aromatic rings. The molecule has 4 N–H and O–H groups in total. The smallest absolute Gasteiger partial charge is 0.222 e. The van der Waals surface area contributed by atoms with Crippen LogP contribution in [0.2, 0.25) is 5.02 Å². The third kappa shape index (κ3) is 3.58. The van der Waals surface area contributed by atoms with Crippen LogP contribution in [0.4, 0.5) is 11.8 Å². The monoisotopic (exact) mass is 320 g/mol. The van der Waals surface area contributed by atoms with E-state index in [1.807, 2.05) is 0 Å². The lowest BCUT2D eigenvalue weighted by molar-refractivity contribution is 0.182. The van der Waals surface area contributed by atoms with Gasteiger partial charge < -0.3 is 20.9 Å². The van der Waals surface area contributed by atoms with Crippen LogP contribution in [0.25, 0.3) is 0 Å². The number of benzene rings is 1. The third-order valence-electron chi connectivity index (χ3n) is 3.56. The molecule has 0 aliphatic heterocycles.